The summed E-state index contributed by atoms with van der Waals surface area (Å²) in [5.74, 6) is 0.790. The highest BCUT2D eigenvalue weighted by Crippen LogP contribution is 2.14. The Labute approximate surface area is 112 Å². The van der Waals surface area contributed by atoms with E-state index in [1.165, 1.54) is 38.5 Å². The number of unbranched alkanes of at least 4 members (excludes halogenated alkanes) is 3. The molecule has 2 N–H and O–H groups in total. The SMILES string of the molecule is CCCCCCC(C)NC(=O)CC1CCCNC1. The van der Waals surface area contributed by atoms with Crippen molar-refractivity contribution in [1.82, 2.24) is 10.6 Å². The number of carbonyl (C=O) groups is 1. The molecule has 1 amide bonds. The van der Waals surface area contributed by atoms with Crippen molar-refractivity contribution in [3.8, 4) is 0 Å². The molecule has 0 aliphatic carbocycles. The topological polar surface area (TPSA) is 41.1 Å². The Kier molecular flexibility index (Phi) is 8.06. The molecule has 1 heterocycles. The summed E-state index contributed by atoms with van der Waals surface area (Å²) in [5.41, 5.74) is 0. The van der Waals surface area contributed by atoms with E-state index in [2.05, 4.69) is 24.5 Å². The zero-order valence-corrected chi connectivity index (χ0v) is 12.1. The smallest absolute Gasteiger partial charge is 0.220 e. The monoisotopic (exact) mass is 254 g/mol. The molecular formula is C15H30N2O. The highest BCUT2D eigenvalue weighted by atomic mass is 16.1. The van der Waals surface area contributed by atoms with Crippen molar-refractivity contribution in [2.24, 2.45) is 5.92 Å². The van der Waals surface area contributed by atoms with Gasteiger partial charge in [-0.15, -0.1) is 0 Å². The lowest BCUT2D eigenvalue weighted by Gasteiger charge is -2.23. The molecule has 1 aliphatic rings. The fourth-order valence-electron chi connectivity index (χ4n) is 2.64. The van der Waals surface area contributed by atoms with Crippen LogP contribution >= 0.6 is 0 Å². The number of carbonyl (C=O) groups excluding carboxylic acids is 1. The molecule has 1 aliphatic heterocycles. The van der Waals surface area contributed by atoms with Gasteiger partial charge in [0.15, 0.2) is 0 Å². The van der Waals surface area contributed by atoms with E-state index in [1.807, 2.05) is 0 Å². The minimum absolute atomic E-state index is 0.242. The van der Waals surface area contributed by atoms with Crippen LogP contribution in [0.5, 0.6) is 0 Å². The van der Waals surface area contributed by atoms with Crippen molar-refractivity contribution in [1.29, 1.82) is 0 Å². The summed E-state index contributed by atoms with van der Waals surface area (Å²) in [6, 6.07) is 0.339. The Balaban J connectivity index is 2.06. The third-order valence-electron chi connectivity index (χ3n) is 3.77. The number of nitrogens with one attached hydrogen (secondary N) is 2. The average molecular weight is 254 g/mol. The minimum atomic E-state index is 0.242. The van der Waals surface area contributed by atoms with Gasteiger partial charge in [0.05, 0.1) is 0 Å². The number of piperidine rings is 1. The molecule has 0 aromatic carbocycles. The Morgan fingerprint density at radius 1 is 1.39 bits per heavy atom. The number of hydrogen-bond donors (Lipinski definition) is 2. The first kappa shape index (κ1) is 15.5. The van der Waals surface area contributed by atoms with Crippen LogP contribution < -0.4 is 10.6 Å². The van der Waals surface area contributed by atoms with Crippen molar-refractivity contribution in [2.45, 2.75) is 71.3 Å². The third kappa shape index (κ3) is 7.00. The first-order chi connectivity index (χ1) is 8.72. The molecule has 3 nitrogen and oxygen atoms in total. The highest BCUT2D eigenvalue weighted by molar-refractivity contribution is 5.76. The van der Waals surface area contributed by atoms with Gasteiger partial charge >= 0.3 is 0 Å². The van der Waals surface area contributed by atoms with Crippen LogP contribution in [0.1, 0.15) is 65.2 Å². The lowest BCUT2D eigenvalue weighted by atomic mass is 9.95. The molecule has 0 radical (unpaired) electrons. The van der Waals surface area contributed by atoms with Crippen LogP contribution in [-0.4, -0.2) is 25.0 Å². The first-order valence-electron chi connectivity index (χ1n) is 7.72. The molecule has 2 atom stereocenters. The van der Waals surface area contributed by atoms with Crippen molar-refractivity contribution < 1.29 is 4.79 Å². The Hall–Kier alpha value is -0.570. The van der Waals surface area contributed by atoms with Crippen molar-refractivity contribution in [3.63, 3.8) is 0 Å². The van der Waals surface area contributed by atoms with E-state index in [4.69, 9.17) is 0 Å². The van der Waals surface area contributed by atoms with Crippen LogP contribution in [0.3, 0.4) is 0 Å². The van der Waals surface area contributed by atoms with Gasteiger partial charge in [-0.3, -0.25) is 4.79 Å². The Morgan fingerprint density at radius 2 is 2.22 bits per heavy atom. The van der Waals surface area contributed by atoms with Gasteiger partial charge in [0.1, 0.15) is 0 Å². The molecule has 0 aromatic rings. The molecule has 1 fully saturated rings. The van der Waals surface area contributed by atoms with E-state index < -0.39 is 0 Å². The summed E-state index contributed by atoms with van der Waals surface area (Å²) in [6.07, 6.45) is 9.35. The molecule has 0 spiro atoms. The second kappa shape index (κ2) is 9.37. The minimum Gasteiger partial charge on any atom is -0.354 e. The standard InChI is InChI=1S/C15H30N2O/c1-3-4-5-6-8-13(2)17-15(18)11-14-9-7-10-16-12-14/h13-14,16H,3-12H2,1-2H3,(H,17,18). The molecule has 3 heteroatoms. The molecule has 18 heavy (non-hydrogen) atoms. The summed E-state index contributed by atoms with van der Waals surface area (Å²) in [5, 5.41) is 6.50. The maximum Gasteiger partial charge on any atom is 0.220 e. The fraction of sp³-hybridized carbons (Fsp3) is 0.933. The lowest BCUT2D eigenvalue weighted by Crippen LogP contribution is -2.37. The molecule has 106 valence electrons. The largest absolute Gasteiger partial charge is 0.354 e. The predicted molar refractivity (Wildman–Crippen MR) is 76.6 cm³/mol. The second-order valence-electron chi connectivity index (χ2n) is 5.73. The van der Waals surface area contributed by atoms with Crippen LogP contribution in [-0.2, 0) is 4.79 Å². The van der Waals surface area contributed by atoms with E-state index in [0.29, 0.717) is 18.4 Å². The van der Waals surface area contributed by atoms with Crippen LogP contribution in [0.2, 0.25) is 0 Å². The van der Waals surface area contributed by atoms with E-state index in [0.717, 1.165) is 19.5 Å². The van der Waals surface area contributed by atoms with Gasteiger partial charge in [-0.1, -0.05) is 32.6 Å². The number of amides is 1. The van der Waals surface area contributed by atoms with E-state index >= 15 is 0 Å². The summed E-state index contributed by atoms with van der Waals surface area (Å²) in [6.45, 7) is 6.48. The lowest BCUT2D eigenvalue weighted by molar-refractivity contribution is -0.122. The van der Waals surface area contributed by atoms with Crippen molar-refractivity contribution >= 4 is 5.91 Å². The van der Waals surface area contributed by atoms with Crippen LogP contribution in [0.4, 0.5) is 0 Å². The Bertz CT molecular complexity index is 225. The van der Waals surface area contributed by atoms with Gasteiger partial charge in [-0.25, -0.2) is 0 Å². The summed E-state index contributed by atoms with van der Waals surface area (Å²) < 4.78 is 0. The van der Waals surface area contributed by atoms with Gasteiger partial charge in [-0.2, -0.15) is 0 Å². The highest BCUT2D eigenvalue weighted by Gasteiger charge is 2.17. The Morgan fingerprint density at radius 3 is 2.89 bits per heavy atom. The van der Waals surface area contributed by atoms with Gasteiger partial charge in [0.2, 0.25) is 5.91 Å². The molecular weight excluding hydrogens is 224 g/mol. The van der Waals surface area contributed by atoms with E-state index in [9.17, 15) is 4.79 Å². The molecule has 0 aromatic heterocycles. The predicted octanol–water partition coefficient (Wildman–Crippen LogP) is 2.85. The zero-order chi connectivity index (χ0) is 13.2. The average Bonchev–Trinajstić information content (AvgIpc) is 2.35. The maximum atomic E-state index is 11.9. The third-order valence-corrected chi connectivity index (χ3v) is 3.77. The van der Waals surface area contributed by atoms with E-state index in [-0.39, 0.29) is 5.91 Å². The summed E-state index contributed by atoms with van der Waals surface area (Å²) in [4.78, 5) is 11.9. The first-order valence-corrected chi connectivity index (χ1v) is 7.72. The molecule has 1 saturated heterocycles. The zero-order valence-electron chi connectivity index (χ0n) is 12.1. The summed E-state index contributed by atoms with van der Waals surface area (Å²) in [7, 11) is 0. The summed E-state index contributed by atoms with van der Waals surface area (Å²) >= 11 is 0. The molecule has 2 unspecified atom stereocenters. The van der Waals surface area contributed by atoms with Crippen LogP contribution in [0, 0.1) is 5.92 Å². The number of hydrogen-bond acceptors (Lipinski definition) is 2. The molecule has 1 rings (SSSR count). The van der Waals surface area contributed by atoms with Crippen LogP contribution in [0.25, 0.3) is 0 Å². The van der Waals surface area contributed by atoms with Crippen molar-refractivity contribution in [2.75, 3.05) is 13.1 Å². The van der Waals surface area contributed by atoms with Gasteiger partial charge in [0.25, 0.3) is 0 Å². The fourth-order valence-corrected chi connectivity index (χ4v) is 2.64. The van der Waals surface area contributed by atoms with Gasteiger partial charge in [-0.05, 0) is 45.2 Å². The second-order valence-corrected chi connectivity index (χ2v) is 5.73. The molecule has 0 bridgehead atoms. The van der Waals surface area contributed by atoms with E-state index in [1.54, 1.807) is 0 Å². The van der Waals surface area contributed by atoms with Gasteiger partial charge in [0, 0.05) is 12.5 Å². The quantitative estimate of drug-likeness (QED) is 0.654. The molecule has 0 saturated carbocycles. The maximum absolute atomic E-state index is 11.9. The van der Waals surface area contributed by atoms with Crippen molar-refractivity contribution in [3.05, 3.63) is 0 Å². The van der Waals surface area contributed by atoms with Gasteiger partial charge < -0.3 is 10.6 Å². The number of rotatable bonds is 8. The normalized spacial score (nSPS) is 21.6. The van der Waals surface area contributed by atoms with Crippen LogP contribution in [0.15, 0.2) is 0 Å².